The van der Waals surface area contributed by atoms with E-state index in [-0.39, 0.29) is 0 Å². The van der Waals surface area contributed by atoms with Gasteiger partial charge < -0.3 is 14.9 Å². The van der Waals surface area contributed by atoms with Crippen LogP contribution in [-0.2, 0) is 15.1 Å². The standard InChI is InChI=1S/C12H9F2NO5/c1-12(5-3-2-4-6(13)7(5)14)9(17)8(16)10(20-12)15-11(18)19/h2-4,15-16H,1H3,(H,18,19). The largest absolute Gasteiger partial charge is 0.501 e. The van der Waals surface area contributed by atoms with Crippen LogP contribution in [0.2, 0.25) is 0 Å². The fourth-order valence-electron chi connectivity index (χ4n) is 1.86. The molecule has 1 heterocycles. The molecule has 2 rings (SSSR count). The van der Waals surface area contributed by atoms with Crippen molar-refractivity contribution in [3.8, 4) is 0 Å². The Morgan fingerprint density at radius 1 is 1.40 bits per heavy atom. The van der Waals surface area contributed by atoms with Crippen LogP contribution >= 0.6 is 0 Å². The minimum atomic E-state index is -2.05. The van der Waals surface area contributed by atoms with Crippen LogP contribution < -0.4 is 5.32 Å². The van der Waals surface area contributed by atoms with E-state index in [0.717, 1.165) is 25.1 Å². The van der Waals surface area contributed by atoms with E-state index in [1.165, 1.54) is 0 Å². The number of halogens is 2. The summed E-state index contributed by atoms with van der Waals surface area (Å²) >= 11 is 0. The zero-order valence-electron chi connectivity index (χ0n) is 10.1. The van der Waals surface area contributed by atoms with Crippen LogP contribution in [0, 0.1) is 11.6 Å². The van der Waals surface area contributed by atoms with Gasteiger partial charge in [-0.1, -0.05) is 12.1 Å². The molecule has 0 bridgehead atoms. The molecule has 0 aromatic heterocycles. The molecule has 0 spiro atoms. The van der Waals surface area contributed by atoms with Gasteiger partial charge in [0.25, 0.3) is 5.78 Å². The van der Waals surface area contributed by atoms with Crippen LogP contribution in [0.5, 0.6) is 0 Å². The number of hydrogen-bond donors (Lipinski definition) is 3. The Bertz CT molecular complexity index is 643. The number of aliphatic hydroxyl groups excluding tert-OH is 1. The van der Waals surface area contributed by atoms with Gasteiger partial charge in [-0.3, -0.25) is 10.1 Å². The maximum Gasteiger partial charge on any atom is 0.411 e. The number of carbonyl (C=O) groups is 2. The summed E-state index contributed by atoms with van der Waals surface area (Å²) in [6.07, 6.45) is -1.58. The van der Waals surface area contributed by atoms with Gasteiger partial charge in [-0.15, -0.1) is 0 Å². The van der Waals surface area contributed by atoms with E-state index < -0.39 is 46.3 Å². The summed E-state index contributed by atoms with van der Waals surface area (Å²) in [5.41, 5.74) is -2.50. The van der Waals surface area contributed by atoms with Crippen molar-refractivity contribution in [3.63, 3.8) is 0 Å². The normalized spacial score (nSPS) is 21.9. The van der Waals surface area contributed by atoms with Gasteiger partial charge in [0.2, 0.25) is 17.2 Å². The molecule has 20 heavy (non-hydrogen) atoms. The molecule has 1 amide bonds. The van der Waals surface area contributed by atoms with Gasteiger partial charge in [-0.05, 0) is 13.0 Å². The minimum Gasteiger partial charge on any atom is -0.501 e. The number of ketones is 1. The van der Waals surface area contributed by atoms with E-state index in [4.69, 9.17) is 9.84 Å². The summed E-state index contributed by atoms with van der Waals surface area (Å²) in [6, 6.07) is 3.12. The molecule has 1 aromatic rings. The molecule has 1 unspecified atom stereocenters. The smallest absolute Gasteiger partial charge is 0.411 e. The molecule has 1 aliphatic rings. The Kier molecular flexibility index (Phi) is 3.09. The first kappa shape index (κ1) is 13.8. The second-order valence-electron chi connectivity index (χ2n) is 4.17. The second-order valence-corrected chi connectivity index (χ2v) is 4.17. The number of rotatable bonds is 2. The SMILES string of the molecule is CC1(c2cccc(F)c2F)OC(NC(=O)O)=C(O)C1=O. The van der Waals surface area contributed by atoms with Crippen LogP contribution in [0.3, 0.4) is 0 Å². The van der Waals surface area contributed by atoms with E-state index in [9.17, 15) is 23.5 Å². The highest BCUT2D eigenvalue weighted by Gasteiger charge is 2.50. The lowest BCUT2D eigenvalue weighted by Crippen LogP contribution is -2.33. The van der Waals surface area contributed by atoms with Gasteiger partial charge in [0.05, 0.1) is 0 Å². The van der Waals surface area contributed by atoms with E-state index in [1.807, 2.05) is 0 Å². The van der Waals surface area contributed by atoms with Gasteiger partial charge >= 0.3 is 6.09 Å². The Morgan fingerprint density at radius 3 is 2.65 bits per heavy atom. The maximum absolute atomic E-state index is 13.7. The summed E-state index contributed by atoms with van der Waals surface area (Å²) in [6.45, 7) is 1.10. The first-order chi connectivity index (χ1) is 9.27. The molecule has 1 aliphatic heterocycles. The van der Waals surface area contributed by atoms with E-state index in [0.29, 0.717) is 0 Å². The lowest BCUT2D eigenvalue weighted by Gasteiger charge is -2.23. The number of carboxylic acid groups (broad SMARTS) is 1. The predicted octanol–water partition coefficient (Wildman–Crippen LogP) is 1.77. The molecular formula is C12H9F2NO5. The molecule has 0 radical (unpaired) electrons. The van der Waals surface area contributed by atoms with E-state index in [2.05, 4.69) is 0 Å². The Morgan fingerprint density at radius 2 is 2.05 bits per heavy atom. The monoisotopic (exact) mass is 285 g/mol. The zero-order valence-corrected chi connectivity index (χ0v) is 10.1. The fraction of sp³-hybridized carbons (Fsp3) is 0.167. The average Bonchev–Trinajstić information content (AvgIpc) is 2.58. The zero-order chi connectivity index (χ0) is 15.1. The molecular weight excluding hydrogens is 276 g/mol. The summed E-state index contributed by atoms with van der Waals surface area (Å²) < 4.78 is 31.9. The van der Waals surface area contributed by atoms with Crippen molar-refractivity contribution in [2.24, 2.45) is 0 Å². The first-order valence-electron chi connectivity index (χ1n) is 5.39. The number of Topliss-reactive ketones (excluding diaryl/α,β-unsaturated/α-hetero) is 1. The molecule has 106 valence electrons. The lowest BCUT2D eigenvalue weighted by atomic mass is 9.91. The summed E-state index contributed by atoms with van der Waals surface area (Å²) in [5.74, 6) is -5.31. The number of aliphatic hydroxyl groups is 1. The van der Waals surface area contributed by atoms with Crippen LogP contribution in [0.15, 0.2) is 29.8 Å². The fourth-order valence-corrected chi connectivity index (χ4v) is 1.86. The van der Waals surface area contributed by atoms with Crippen molar-refractivity contribution >= 4 is 11.9 Å². The molecule has 6 nitrogen and oxygen atoms in total. The Labute approximate surface area is 111 Å². The van der Waals surface area contributed by atoms with Crippen LogP contribution in [0.25, 0.3) is 0 Å². The van der Waals surface area contributed by atoms with Crippen molar-refractivity contribution in [1.29, 1.82) is 0 Å². The lowest BCUT2D eigenvalue weighted by molar-refractivity contribution is -0.132. The van der Waals surface area contributed by atoms with Gasteiger partial charge in [0.15, 0.2) is 11.6 Å². The van der Waals surface area contributed by atoms with E-state index >= 15 is 0 Å². The van der Waals surface area contributed by atoms with Crippen molar-refractivity contribution in [2.45, 2.75) is 12.5 Å². The molecule has 0 aliphatic carbocycles. The third-order valence-electron chi connectivity index (χ3n) is 2.86. The van der Waals surface area contributed by atoms with Crippen LogP contribution in [0.4, 0.5) is 13.6 Å². The molecule has 0 fully saturated rings. The number of carbonyl (C=O) groups excluding carboxylic acids is 1. The maximum atomic E-state index is 13.7. The van der Waals surface area contributed by atoms with Gasteiger partial charge in [0.1, 0.15) is 0 Å². The van der Waals surface area contributed by atoms with Crippen molar-refractivity contribution < 1.29 is 33.3 Å². The summed E-state index contributed by atoms with van der Waals surface area (Å²) in [7, 11) is 0. The first-order valence-corrected chi connectivity index (χ1v) is 5.39. The van der Waals surface area contributed by atoms with Crippen molar-refractivity contribution in [2.75, 3.05) is 0 Å². The average molecular weight is 285 g/mol. The molecule has 1 atom stereocenters. The minimum absolute atomic E-state index is 0.448. The number of ether oxygens (including phenoxy) is 1. The molecule has 3 N–H and O–H groups in total. The number of nitrogens with one attached hydrogen (secondary N) is 1. The number of amides is 1. The van der Waals surface area contributed by atoms with Crippen LogP contribution in [-0.4, -0.2) is 22.1 Å². The molecule has 8 heteroatoms. The third kappa shape index (κ3) is 1.94. The second kappa shape index (κ2) is 4.48. The molecule has 1 aromatic carbocycles. The van der Waals surface area contributed by atoms with E-state index in [1.54, 1.807) is 5.32 Å². The number of hydrogen-bond acceptors (Lipinski definition) is 4. The topological polar surface area (TPSA) is 95.9 Å². The highest BCUT2D eigenvalue weighted by Crippen LogP contribution is 2.38. The quantitative estimate of drug-likeness (QED) is 0.769. The Hall–Kier alpha value is -2.64. The highest BCUT2D eigenvalue weighted by molar-refractivity contribution is 6.03. The van der Waals surface area contributed by atoms with Gasteiger partial charge in [0, 0.05) is 5.56 Å². The predicted molar refractivity (Wildman–Crippen MR) is 60.6 cm³/mol. The van der Waals surface area contributed by atoms with Gasteiger partial charge in [-0.2, -0.15) is 0 Å². The number of benzene rings is 1. The molecule has 0 saturated carbocycles. The summed E-state index contributed by atoms with van der Waals surface area (Å²) in [5, 5.41) is 19.7. The van der Waals surface area contributed by atoms with Gasteiger partial charge in [-0.25, -0.2) is 13.6 Å². The highest BCUT2D eigenvalue weighted by atomic mass is 19.2. The van der Waals surface area contributed by atoms with Crippen molar-refractivity contribution in [1.82, 2.24) is 5.32 Å². The Balaban J connectivity index is 2.46. The van der Waals surface area contributed by atoms with Crippen molar-refractivity contribution in [3.05, 3.63) is 47.0 Å². The third-order valence-corrected chi connectivity index (χ3v) is 2.86. The summed E-state index contributed by atoms with van der Waals surface area (Å²) in [4.78, 5) is 22.4. The van der Waals surface area contributed by atoms with Crippen LogP contribution in [0.1, 0.15) is 12.5 Å². The molecule has 0 saturated heterocycles.